The Morgan fingerprint density at radius 3 is 3.12 bits per heavy atom. The molecule has 2 aromatic rings. The summed E-state index contributed by atoms with van der Waals surface area (Å²) in [6.45, 7) is 2.75. The Balaban J connectivity index is 1.69. The number of furan rings is 1. The smallest absolute Gasteiger partial charge is 0.202 e. The molecule has 0 aromatic carbocycles. The summed E-state index contributed by atoms with van der Waals surface area (Å²) in [7, 11) is 0. The molecule has 90 valence electrons. The van der Waals surface area contributed by atoms with Crippen molar-refractivity contribution in [1.29, 1.82) is 0 Å². The molecule has 0 amide bonds. The first kappa shape index (κ1) is 10.6. The Kier molecular flexibility index (Phi) is 2.70. The van der Waals surface area contributed by atoms with Gasteiger partial charge in [0.15, 0.2) is 5.76 Å². The van der Waals surface area contributed by atoms with E-state index in [1.54, 1.807) is 6.26 Å². The highest BCUT2D eigenvalue weighted by Gasteiger charge is 2.20. The molecule has 1 saturated heterocycles. The van der Waals surface area contributed by atoms with Crippen LogP contribution in [0.3, 0.4) is 0 Å². The fourth-order valence-electron chi connectivity index (χ4n) is 2.16. The third-order valence-corrected chi connectivity index (χ3v) is 3.02. The fraction of sp³-hybridized carbons (Fsp3) is 0.417. The zero-order chi connectivity index (χ0) is 11.7. The average molecular weight is 233 g/mol. The van der Waals surface area contributed by atoms with Crippen LogP contribution in [0.25, 0.3) is 11.5 Å². The summed E-state index contributed by atoms with van der Waals surface area (Å²) in [6.07, 6.45) is 2.68. The van der Waals surface area contributed by atoms with E-state index in [9.17, 15) is 0 Å². The predicted molar refractivity (Wildman–Crippen MR) is 62.1 cm³/mol. The molecule has 0 saturated carbocycles. The molecule has 0 bridgehead atoms. The van der Waals surface area contributed by atoms with Gasteiger partial charge in [0.05, 0.1) is 12.0 Å². The second-order valence-electron chi connectivity index (χ2n) is 4.44. The molecule has 1 atom stereocenters. The minimum absolute atomic E-state index is 0.298. The van der Waals surface area contributed by atoms with Gasteiger partial charge in [-0.25, -0.2) is 0 Å². The molecule has 0 spiro atoms. The van der Waals surface area contributed by atoms with Crippen molar-refractivity contribution in [3.05, 3.63) is 30.2 Å². The fourth-order valence-corrected chi connectivity index (χ4v) is 2.16. The largest absolute Gasteiger partial charge is 0.461 e. The van der Waals surface area contributed by atoms with E-state index in [0.29, 0.717) is 17.6 Å². The Hall–Kier alpha value is -1.59. The van der Waals surface area contributed by atoms with Gasteiger partial charge in [-0.05, 0) is 18.6 Å². The van der Waals surface area contributed by atoms with Crippen molar-refractivity contribution in [1.82, 2.24) is 10.1 Å². The molecule has 3 rings (SSSR count). The number of nitrogens with two attached hydrogens (primary N) is 1. The molecular formula is C12H15N3O2. The number of hydrogen-bond acceptors (Lipinski definition) is 5. The highest BCUT2D eigenvalue weighted by Crippen LogP contribution is 2.21. The van der Waals surface area contributed by atoms with Crippen LogP contribution in [0.1, 0.15) is 12.1 Å². The Morgan fingerprint density at radius 2 is 2.41 bits per heavy atom. The number of likely N-dealkylation sites (tertiary alicyclic amines) is 1. The van der Waals surface area contributed by atoms with Gasteiger partial charge in [-0.2, -0.15) is 0 Å². The van der Waals surface area contributed by atoms with E-state index in [1.165, 1.54) is 0 Å². The van der Waals surface area contributed by atoms with Crippen LogP contribution in [-0.4, -0.2) is 29.2 Å². The lowest BCUT2D eigenvalue weighted by Gasteiger charge is -2.11. The van der Waals surface area contributed by atoms with Crippen molar-refractivity contribution >= 4 is 0 Å². The minimum Gasteiger partial charge on any atom is -0.461 e. The van der Waals surface area contributed by atoms with Gasteiger partial charge < -0.3 is 14.7 Å². The average Bonchev–Trinajstić information content (AvgIpc) is 3.00. The Morgan fingerprint density at radius 1 is 1.47 bits per heavy atom. The van der Waals surface area contributed by atoms with Crippen molar-refractivity contribution < 1.29 is 8.94 Å². The van der Waals surface area contributed by atoms with Crippen LogP contribution in [0.15, 0.2) is 33.4 Å². The number of rotatable bonds is 3. The van der Waals surface area contributed by atoms with E-state index in [0.717, 1.165) is 31.7 Å². The van der Waals surface area contributed by atoms with Gasteiger partial charge in [0.25, 0.3) is 0 Å². The molecule has 17 heavy (non-hydrogen) atoms. The van der Waals surface area contributed by atoms with Gasteiger partial charge in [0.1, 0.15) is 0 Å². The van der Waals surface area contributed by atoms with Gasteiger partial charge in [0.2, 0.25) is 5.76 Å². The van der Waals surface area contributed by atoms with Crippen LogP contribution in [0, 0.1) is 0 Å². The number of nitrogens with zero attached hydrogens (tertiary/aromatic N) is 2. The van der Waals surface area contributed by atoms with Crippen molar-refractivity contribution in [3.63, 3.8) is 0 Å². The molecule has 5 nitrogen and oxygen atoms in total. The van der Waals surface area contributed by atoms with E-state index in [1.807, 2.05) is 18.2 Å². The monoisotopic (exact) mass is 233 g/mol. The van der Waals surface area contributed by atoms with Crippen LogP contribution in [0.5, 0.6) is 0 Å². The van der Waals surface area contributed by atoms with Gasteiger partial charge in [-0.15, -0.1) is 0 Å². The van der Waals surface area contributed by atoms with E-state index in [2.05, 4.69) is 10.1 Å². The highest BCUT2D eigenvalue weighted by atomic mass is 16.5. The molecule has 0 radical (unpaired) electrons. The molecule has 0 aliphatic carbocycles. The molecule has 2 N–H and O–H groups in total. The normalized spacial score (nSPS) is 21.1. The zero-order valence-electron chi connectivity index (χ0n) is 9.50. The lowest BCUT2D eigenvalue weighted by atomic mass is 10.3. The van der Waals surface area contributed by atoms with Crippen molar-refractivity contribution in [2.45, 2.75) is 19.0 Å². The van der Waals surface area contributed by atoms with Crippen molar-refractivity contribution in [2.75, 3.05) is 13.1 Å². The molecule has 5 heteroatoms. The van der Waals surface area contributed by atoms with Gasteiger partial charge in [0, 0.05) is 31.7 Å². The van der Waals surface area contributed by atoms with Crippen LogP contribution < -0.4 is 5.73 Å². The lowest BCUT2D eigenvalue weighted by molar-refractivity contribution is 0.310. The maximum atomic E-state index is 5.86. The summed E-state index contributed by atoms with van der Waals surface area (Å²) >= 11 is 0. The first-order valence-corrected chi connectivity index (χ1v) is 5.78. The predicted octanol–water partition coefficient (Wildman–Crippen LogP) is 1.47. The summed E-state index contributed by atoms with van der Waals surface area (Å²) in [6, 6.07) is 5.90. The molecule has 0 unspecified atom stereocenters. The van der Waals surface area contributed by atoms with Crippen molar-refractivity contribution in [3.8, 4) is 11.5 Å². The SMILES string of the molecule is N[C@@H]1CCN(Cc2cc(-c3ccco3)on2)C1. The summed E-state index contributed by atoms with van der Waals surface area (Å²) in [5.74, 6) is 1.38. The van der Waals surface area contributed by atoms with Gasteiger partial charge in [-0.3, -0.25) is 4.90 Å². The minimum atomic E-state index is 0.298. The first-order chi connectivity index (χ1) is 8.31. The van der Waals surface area contributed by atoms with Crippen LogP contribution >= 0.6 is 0 Å². The number of hydrogen-bond donors (Lipinski definition) is 1. The Bertz CT molecular complexity index is 478. The van der Waals surface area contributed by atoms with Crippen LogP contribution in [0.2, 0.25) is 0 Å². The van der Waals surface area contributed by atoms with Crippen molar-refractivity contribution in [2.24, 2.45) is 5.73 Å². The molecule has 1 fully saturated rings. The van der Waals surface area contributed by atoms with E-state index in [-0.39, 0.29) is 0 Å². The summed E-state index contributed by atoms with van der Waals surface area (Å²) in [5, 5.41) is 4.04. The second kappa shape index (κ2) is 4.35. The molecule has 1 aliphatic rings. The lowest BCUT2D eigenvalue weighted by Crippen LogP contribution is -2.26. The van der Waals surface area contributed by atoms with E-state index in [4.69, 9.17) is 14.7 Å². The molecule has 3 heterocycles. The quantitative estimate of drug-likeness (QED) is 0.869. The maximum Gasteiger partial charge on any atom is 0.202 e. The molecule has 1 aliphatic heterocycles. The standard InChI is InChI=1S/C12H15N3O2/c13-9-3-4-15(7-9)8-10-6-12(17-14-10)11-2-1-5-16-11/h1-2,5-6,9H,3-4,7-8,13H2/t9-/m1/s1. The van der Waals surface area contributed by atoms with Gasteiger partial charge in [-0.1, -0.05) is 5.16 Å². The van der Waals surface area contributed by atoms with E-state index >= 15 is 0 Å². The summed E-state index contributed by atoms with van der Waals surface area (Å²) in [4.78, 5) is 2.29. The van der Waals surface area contributed by atoms with Crippen LogP contribution in [0.4, 0.5) is 0 Å². The first-order valence-electron chi connectivity index (χ1n) is 5.78. The zero-order valence-corrected chi connectivity index (χ0v) is 9.50. The Labute approximate surface area is 99.2 Å². The third-order valence-electron chi connectivity index (χ3n) is 3.02. The van der Waals surface area contributed by atoms with Crippen LogP contribution in [-0.2, 0) is 6.54 Å². The maximum absolute atomic E-state index is 5.86. The van der Waals surface area contributed by atoms with E-state index < -0.39 is 0 Å². The summed E-state index contributed by atoms with van der Waals surface area (Å²) in [5.41, 5.74) is 6.78. The number of aromatic nitrogens is 1. The molecular weight excluding hydrogens is 218 g/mol. The van der Waals surface area contributed by atoms with Gasteiger partial charge >= 0.3 is 0 Å². The summed E-state index contributed by atoms with van der Waals surface area (Å²) < 4.78 is 10.5. The third kappa shape index (κ3) is 2.25. The molecule has 2 aromatic heterocycles. The highest BCUT2D eigenvalue weighted by molar-refractivity contribution is 5.49. The second-order valence-corrected chi connectivity index (χ2v) is 4.44. The topological polar surface area (TPSA) is 68.4 Å².